The minimum Gasteiger partial charge on any atom is -0.323 e. The first kappa shape index (κ1) is 12.5. The van der Waals surface area contributed by atoms with E-state index in [-0.39, 0.29) is 5.91 Å². The van der Waals surface area contributed by atoms with E-state index in [9.17, 15) is 4.79 Å². The van der Waals surface area contributed by atoms with Crippen LogP contribution in [0, 0.1) is 6.92 Å². The van der Waals surface area contributed by atoms with Gasteiger partial charge in [0.15, 0.2) is 0 Å². The summed E-state index contributed by atoms with van der Waals surface area (Å²) >= 11 is 1.62. The van der Waals surface area contributed by atoms with Crippen LogP contribution in [0.3, 0.4) is 0 Å². The van der Waals surface area contributed by atoms with Crippen molar-refractivity contribution in [1.29, 1.82) is 0 Å². The number of amides is 1. The zero-order valence-corrected chi connectivity index (χ0v) is 11.1. The van der Waals surface area contributed by atoms with Crippen LogP contribution >= 0.6 is 11.3 Å². The number of thiazole rings is 1. The van der Waals surface area contributed by atoms with E-state index in [0.29, 0.717) is 0 Å². The summed E-state index contributed by atoms with van der Waals surface area (Å²) in [5.41, 5.74) is 2.73. The maximum Gasteiger partial charge on any atom is 0.248 e. The van der Waals surface area contributed by atoms with Crippen molar-refractivity contribution in [3.05, 3.63) is 46.8 Å². The molecule has 0 spiro atoms. The first-order valence-corrected chi connectivity index (χ1v) is 6.53. The number of hydrogen-bond acceptors (Lipinski definition) is 3. The largest absolute Gasteiger partial charge is 0.323 e. The van der Waals surface area contributed by atoms with Crippen molar-refractivity contribution < 1.29 is 4.79 Å². The molecular formula is C14H14N2OS. The van der Waals surface area contributed by atoms with E-state index in [2.05, 4.69) is 10.3 Å². The number of aromatic nitrogens is 1. The van der Waals surface area contributed by atoms with Gasteiger partial charge < -0.3 is 5.32 Å². The van der Waals surface area contributed by atoms with Gasteiger partial charge in [-0.05, 0) is 32.1 Å². The van der Waals surface area contributed by atoms with Crippen LogP contribution in [0.5, 0.6) is 0 Å². The number of carbonyl (C=O) groups is 1. The molecule has 0 radical (unpaired) electrons. The summed E-state index contributed by atoms with van der Waals surface area (Å²) in [6, 6.07) is 7.69. The Morgan fingerprint density at radius 2 is 2.28 bits per heavy atom. The third-order valence-electron chi connectivity index (χ3n) is 2.36. The maximum absolute atomic E-state index is 11.5. The van der Waals surface area contributed by atoms with E-state index < -0.39 is 0 Å². The smallest absolute Gasteiger partial charge is 0.248 e. The fourth-order valence-corrected chi connectivity index (χ4v) is 2.21. The van der Waals surface area contributed by atoms with Crippen LogP contribution in [0.1, 0.15) is 11.9 Å². The van der Waals surface area contributed by atoms with Crippen molar-refractivity contribution in [2.24, 2.45) is 0 Å². The average molecular weight is 258 g/mol. The Morgan fingerprint density at radius 1 is 1.44 bits per heavy atom. The predicted molar refractivity (Wildman–Crippen MR) is 75.7 cm³/mol. The van der Waals surface area contributed by atoms with Crippen molar-refractivity contribution in [1.82, 2.24) is 4.98 Å². The second kappa shape index (κ2) is 5.60. The molecule has 3 nitrogen and oxygen atoms in total. The van der Waals surface area contributed by atoms with Crippen molar-refractivity contribution in [3.63, 3.8) is 0 Å². The van der Waals surface area contributed by atoms with Gasteiger partial charge in [0.1, 0.15) is 0 Å². The summed E-state index contributed by atoms with van der Waals surface area (Å²) in [6.07, 6.45) is 3.21. The standard InChI is InChI=1S/C14H14N2OS/c1-3-5-14(17)16-12-7-4-6-11(8-12)13-9-18-10(2)15-13/h3-9H,1-2H3,(H,16,17). The van der Waals surface area contributed by atoms with Gasteiger partial charge in [0.25, 0.3) is 0 Å². The zero-order valence-electron chi connectivity index (χ0n) is 10.3. The molecule has 0 fully saturated rings. The molecule has 0 aliphatic carbocycles. The lowest BCUT2D eigenvalue weighted by molar-refractivity contribution is -0.111. The Labute approximate surface area is 110 Å². The van der Waals surface area contributed by atoms with Gasteiger partial charge in [-0.25, -0.2) is 4.98 Å². The van der Waals surface area contributed by atoms with Crippen molar-refractivity contribution >= 4 is 22.9 Å². The molecule has 1 N–H and O–H groups in total. The highest BCUT2D eigenvalue weighted by atomic mass is 32.1. The molecule has 2 aromatic rings. The minimum atomic E-state index is -0.121. The van der Waals surface area contributed by atoms with Crippen LogP contribution in [-0.2, 0) is 4.79 Å². The Morgan fingerprint density at radius 3 is 2.94 bits per heavy atom. The summed E-state index contributed by atoms with van der Waals surface area (Å²) < 4.78 is 0. The van der Waals surface area contributed by atoms with Gasteiger partial charge in [0, 0.05) is 16.6 Å². The van der Waals surface area contributed by atoms with Gasteiger partial charge in [-0.2, -0.15) is 0 Å². The van der Waals surface area contributed by atoms with E-state index in [1.54, 1.807) is 17.4 Å². The van der Waals surface area contributed by atoms with Crippen molar-refractivity contribution in [2.75, 3.05) is 5.32 Å². The number of hydrogen-bond donors (Lipinski definition) is 1. The number of nitrogens with zero attached hydrogens (tertiary/aromatic N) is 1. The number of carbonyl (C=O) groups excluding carboxylic acids is 1. The quantitative estimate of drug-likeness (QED) is 0.854. The van der Waals surface area contributed by atoms with Crippen LogP contribution < -0.4 is 5.32 Å². The molecule has 1 amide bonds. The van der Waals surface area contributed by atoms with E-state index >= 15 is 0 Å². The van der Waals surface area contributed by atoms with Gasteiger partial charge in [-0.1, -0.05) is 18.2 Å². The van der Waals surface area contributed by atoms with E-state index in [1.165, 1.54) is 6.08 Å². The molecule has 0 bridgehead atoms. The van der Waals surface area contributed by atoms with Crippen molar-refractivity contribution in [3.8, 4) is 11.3 Å². The number of rotatable bonds is 3. The van der Waals surface area contributed by atoms with E-state index in [1.807, 2.05) is 43.5 Å². The number of nitrogens with one attached hydrogen (secondary N) is 1. The van der Waals surface area contributed by atoms with E-state index in [0.717, 1.165) is 22.0 Å². The molecule has 0 unspecified atom stereocenters. The van der Waals surface area contributed by atoms with Gasteiger partial charge in [0.2, 0.25) is 5.91 Å². The molecule has 1 aromatic heterocycles. The Kier molecular flexibility index (Phi) is 3.89. The third kappa shape index (κ3) is 3.05. The Hall–Kier alpha value is -1.94. The first-order chi connectivity index (χ1) is 8.69. The maximum atomic E-state index is 11.5. The molecule has 0 atom stereocenters. The molecule has 2 rings (SSSR count). The van der Waals surface area contributed by atoms with Gasteiger partial charge >= 0.3 is 0 Å². The van der Waals surface area contributed by atoms with Crippen LogP contribution in [0.4, 0.5) is 5.69 Å². The SMILES string of the molecule is CC=CC(=O)Nc1cccc(-c2csc(C)n2)c1. The Bertz CT molecular complexity index is 587. The molecule has 1 aromatic carbocycles. The minimum absolute atomic E-state index is 0.121. The van der Waals surface area contributed by atoms with Crippen molar-refractivity contribution in [2.45, 2.75) is 13.8 Å². The van der Waals surface area contributed by atoms with E-state index in [4.69, 9.17) is 0 Å². The third-order valence-corrected chi connectivity index (χ3v) is 3.14. The lowest BCUT2D eigenvalue weighted by atomic mass is 10.1. The fourth-order valence-electron chi connectivity index (χ4n) is 1.59. The van der Waals surface area contributed by atoms with Gasteiger partial charge in [0.05, 0.1) is 10.7 Å². The van der Waals surface area contributed by atoms with Crippen LogP contribution in [0.2, 0.25) is 0 Å². The second-order valence-electron chi connectivity index (χ2n) is 3.82. The second-order valence-corrected chi connectivity index (χ2v) is 4.88. The summed E-state index contributed by atoms with van der Waals surface area (Å²) in [6.45, 7) is 3.79. The highest BCUT2D eigenvalue weighted by Crippen LogP contribution is 2.24. The number of benzene rings is 1. The van der Waals surface area contributed by atoms with Crippen LogP contribution in [-0.4, -0.2) is 10.9 Å². The molecule has 0 aliphatic rings. The fraction of sp³-hybridized carbons (Fsp3) is 0.143. The molecule has 4 heteroatoms. The van der Waals surface area contributed by atoms with Gasteiger partial charge in [-0.3, -0.25) is 4.79 Å². The number of aryl methyl sites for hydroxylation is 1. The molecule has 1 heterocycles. The van der Waals surface area contributed by atoms with Crippen LogP contribution in [0.25, 0.3) is 11.3 Å². The molecule has 0 saturated heterocycles. The highest BCUT2D eigenvalue weighted by molar-refractivity contribution is 7.09. The summed E-state index contributed by atoms with van der Waals surface area (Å²) in [5, 5.41) is 5.86. The first-order valence-electron chi connectivity index (χ1n) is 5.65. The van der Waals surface area contributed by atoms with Crippen LogP contribution in [0.15, 0.2) is 41.8 Å². The summed E-state index contributed by atoms with van der Waals surface area (Å²) in [4.78, 5) is 15.9. The monoisotopic (exact) mass is 258 g/mol. The molecule has 18 heavy (non-hydrogen) atoms. The molecule has 0 aliphatic heterocycles. The lowest BCUT2D eigenvalue weighted by Crippen LogP contribution is -2.07. The summed E-state index contributed by atoms with van der Waals surface area (Å²) in [7, 11) is 0. The Balaban J connectivity index is 2.22. The summed E-state index contributed by atoms with van der Waals surface area (Å²) in [5.74, 6) is -0.121. The topological polar surface area (TPSA) is 42.0 Å². The lowest BCUT2D eigenvalue weighted by Gasteiger charge is -2.04. The zero-order chi connectivity index (χ0) is 13.0. The normalized spacial score (nSPS) is 10.8. The van der Waals surface area contributed by atoms with Gasteiger partial charge in [-0.15, -0.1) is 11.3 Å². The average Bonchev–Trinajstić information content (AvgIpc) is 2.76. The number of anilines is 1. The predicted octanol–water partition coefficient (Wildman–Crippen LogP) is 3.63. The molecule has 92 valence electrons. The number of allylic oxidation sites excluding steroid dienone is 1. The highest BCUT2D eigenvalue weighted by Gasteiger charge is 2.04. The molecule has 0 saturated carbocycles. The molecular weight excluding hydrogens is 244 g/mol.